The maximum atomic E-state index is 15.0. The van der Waals surface area contributed by atoms with Gasteiger partial charge in [-0.05, 0) is 161 Å². The first-order chi connectivity index (χ1) is 50.4. The van der Waals surface area contributed by atoms with Gasteiger partial charge in [-0.15, -0.1) is 0 Å². The Balaban J connectivity index is 1.41. The summed E-state index contributed by atoms with van der Waals surface area (Å²) >= 11 is 1.56. The lowest BCUT2D eigenvalue weighted by Gasteiger charge is -2.42. The van der Waals surface area contributed by atoms with E-state index in [1.54, 1.807) is 132 Å². The number of likely N-dealkylation sites (N-methyl/N-ethyl adjacent to an activating group) is 2. The van der Waals surface area contributed by atoms with Gasteiger partial charge in [0.2, 0.25) is 41.4 Å². The van der Waals surface area contributed by atoms with Crippen molar-refractivity contribution in [3.63, 3.8) is 0 Å². The standard InChI is InChI=1S/C81H133N11O15S/c1-24-51(8)67(60(105-21)46-63(95)91-44-32-36-59(91)69(106-22)52(9)71(98)84-53(10)68(96)55-33-27-25-28-34-55)89(19)75(102)65(49(4)5)86-73(100)66(50(6)7)90(20)80(15,16)76(103)107-47-54-38-40-56(41-39-54)87-79(13,14)70(97)58(35-31-42-83-77(82)104)85-72(99)64(48(2)3)88-78(11,12)61(93)37-29-26-30-43-92-62(94)45-57(74(92)101)81(17,18)108-23/h25,27-28,33-34,38-41,48-53,57-60,64-69,87-88,96H,24,26,29-32,35-37,42-47H2,1-23H3,(H,84,98)(H,85,99)(H,86,100)(H3,82,83,104)/t51-,52+,53?,57?,58-,59?,60+,64-,65-,66?,67?,68+,69+/m0/s1. The van der Waals surface area contributed by atoms with E-state index in [1.807, 2.05) is 93.7 Å². The molecule has 0 radical (unpaired) electrons. The van der Waals surface area contributed by atoms with Crippen LogP contribution in [0.4, 0.5) is 10.5 Å². The van der Waals surface area contributed by atoms with Crippen LogP contribution in [0.1, 0.15) is 212 Å². The number of aliphatic hydroxyl groups is 1. The molecular formula is C81H133N11O15S. The fourth-order valence-corrected chi connectivity index (χ4v) is 15.1. The van der Waals surface area contributed by atoms with Crippen LogP contribution in [-0.2, 0) is 68.8 Å². The first kappa shape index (κ1) is 93.3. The Morgan fingerprint density at radius 1 is 0.741 bits per heavy atom. The van der Waals surface area contributed by atoms with Crippen LogP contribution in [-0.4, -0.2) is 220 Å². The Labute approximate surface area is 647 Å². The molecule has 0 bridgehead atoms. The zero-order valence-electron chi connectivity index (χ0n) is 69.0. The van der Waals surface area contributed by atoms with Crippen molar-refractivity contribution >= 4 is 82.4 Å². The molecule has 2 fully saturated rings. The number of amides is 9. The van der Waals surface area contributed by atoms with Crippen LogP contribution in [0.2, 0.25) is 0 Å². The molecule has 9 amide bonds. The summed E-state index contributed by atoms with van der Waals surface area (Å²) in [6.45, 7) is 33.3. The van der Waals surface area contributed by atoms with E-state index in [0.717, 1.165) is 0 Å². The van der Waals surface area contributed by atoms with Crippen LogP contribution in [0.3, 0.4) is 0 Å². The van der Waals surface area contributed by atoms with Gasteiger partial charge in [0.05, 0.1) is 83.9 Å². The zero-order valence-corrected chi connectivity index (χ0v) is 69.8. The lowest BCUT2D eigenvalue weighted by molar-refractivity contribution is -0.160. The van der Waals surface area contributed by atoms with E-state index in [1.165, 1.54) is 19.1 Å². The molecule has 2 aromatic carbocycles. The van der Waals surface area contributed by atoms with Crippen molar-refractivity contribution in [1.82, 2.24) is 46.2 Å². The number of primary amides is 1. The normalized spacial score (nSPS) is 18.3. The van der Waals surface area contributed by atoms with Crippen molar-refractivity contribution in [2.75, 3.05) is 59.5 Å². The summed E-state index contributed by atoms with van der Waals surface area (Å²) in [5, 5.41) is 29.1. The van der Waals surface area contributed by atoms with Gasteiger partial charge in [0.1, 0.15) is 18.2 Å². The molecule has 26 nitrogen and oxygen atoms in total. The second kappa shape index (κ2) is 41.8. The summed E-state index contributed by atoms with van der Waals surface area (Å²) in [4.78, 5) is 159. The van der Waals surface area contributed by atoms with Crippen molar-refractivity contribution in [1.29, 1.82) is 0 Å². The molecule has 27 heteroatoms. The molecule has 2 aromatic rings. The summed E-state index contributed by atoms with van der Waals surface area (Å²) in [7, 11) is 6.37. The first-order valence-electron chi connectivity index (χ1n) is 38.7. The largest absolute Gasteiger partial charge is 0.459 e. The van der Waals surface area contributed by atoms with Crippen molar-refractivity contribution in [2.24, 2.45) is 41.2 Å². The first-order valence-corrected chi connectivity index (χ1v) is 39.9. The monoisotopic (exact) mass is 1530 g/mol. The lowest BCUT2D eigenvalue weighted by atomic mass is 9.89. The predicted octanol–water partition coefficient (Wildman–Crippen LogP) is 8.50. The van der Waals surface area contributed by atoms with Gasteiger partial charge in [-0.2, -0.15) is 11.8 Å². The maximum Gasteiger partial charge on any atom is 0.326 e. The second-order valence-corrected chi connectivity index (χ2v) is 34.3. The van der Waals surface area contributed by atoms with E-state index in [9.17, 15) is 53.1 Å². The number of anilines is 1. The van der Waals surface area contributed by atoms with Gasteiger partial charge >= 0.3 is 12.0 Å². The molecule has 4 rings (SSSR count). The number of methoxy groups -OCH3 is 2. The number of ketones is 2. The number of Topliss-reactive ketones (excluding diaryl/α,β-unsaturated/α-hetero) is 2. The molecular weight excluding hydrogens is 1400 g/mol. The lowest BCUT2D eigenvalue weighted by Crippen LogP contribution is -2.63. The van der Waals surface area contributed by atoms with Gasteiger partial charge in [-0.1, -0.05) is 118 Å². The minimum Gasteiger partial charge on any atom is -0.459 e. The molecule has 5 unspecified atom stereocenters. The SMILES string of the molecule is CC[C@H](C)C([C@@H](CC(=O)N1CCCC1[C@H](OC)[C@@H](C)C(=O)NC(C)[C@@H](O)c1ccccc1)OC)N(C)C(=O)[C@@H](NC(=O)C(C(C)C)N(C)C(C)(C)C(=O)OCc1ccc(NC(C)(C)C(=O)[C@H](CCCNC(N)=O)NC(=O)[C@@H](NC(C)(C)C(=O)CCCCCN2C(=O)CC(C(C)(C)SC)C2=O)C(C)C)cc1)C(C)C. The average molecular weight is 1530 g/mol. The van der Waals surface area contributed by atoms with Crippen molar-refractivity contribution < 1.29 is 72.1 Å². The molecule has 608 valence electrons. The topological polar surface area (TPSA) is 347 Å². The highest BCUT2D eigenvalue weighted by atomic mass is 32.2. The number of aliphatic hydroxyl groups excluding tert-OH is 1. The molecule has 2 aliphatic heterocycles. The van der Waals surface area contributed by atoms with Gasteiger partial charge < -0.3 is 61.4 Å². The minimum atomic E-state index is -1.38. The van der Waals surface area contributed by atoms with Gasteiger partial charge in [-0.3, -0.25) is 63.1 Å². The van der Waals surface area contributed by atoms with Crippen molar-refractivity contribution in [3.8, 4) is 0 Å². The van der Waals surface area contributed by atoms with Crippen LogP contribution < -0.4 is 37.6 Å². The number of imide groups is 1. The number of ether oxygens (including phenoxy) is 3. The molecule has 13 atom stereocenters. The third-order valence-electron chi connectivity index (χ3n) is 22.2. The Morgan fingerprint density at radius 3 is 1.92 bits per heavy atom. The van der Waals surface area contributed by atoms with Crippen LogP contribution >= 0.6 is 11.8 Å². The second-order valence-electron chi connectivity index (χ2n) is 32.9. The van der Waals surface area contributed by atoms with Crippen LogP contribution in [0, 0.1) is 35.5 Å². The molecule has 2 saturated heterocycles. The third kappa shape index (κ3) is 25.2. The number of thioether (sulfide) groups is 1. The molecule has 0 saturated carbocycles. The summed E-state index contributed by atoms with van der Waals surface area (Å²) < 4.78 is 17.7. The quantitative estimate of drug-likeness (QED) is 0.0175. The van der Waals surface area contributed by atoms with E-state index in [2.05, 4.69) is 31.9 Å². The number of nitrogens with two attached hydrogens (primary N) is 1. The molecule has 2 heterocycles. The summed E-state index contributed by atoms with van der Waals surface area (Å²) in [6.07, 6.45) is 3.89. The number of carbonyl (C=O) groups is 11. The smallest absolute Gasteiger partial charge is 0.326 e. The van der Waals surface area contributed by atoms with E-state index >= 15 is 4.79 Å². The predicted molar refractivity (Wildman–Crippen MR) is 422 cm³/mol. The van der Waals surface area contributed by atoms with Crippen molar-refractivity contribution in [3.05, 3.63) is 65.7 Å². The molecule has 9 N–H and O–H groups in total. The van der Waals surface area contributed by atoms with Crippen LogP contribution in [0.5, 0.6) is 0 Å². The number of unbranched alkanes of at least 4 members (excludes halogenated alkanes) is 2. The highest BCUT2D eigenvalue weighted by molar-refractivity contribution is 8.00. The molecule has 0 aliphatic carbocycles. The fourth-order valence-electron chi connectivity index (χ4n) is 14.6. The Hall–Kier alpha value is -7.04. The maximum absolute atomic E-state index is 15.0. The number of nitrogens with zero attached hydrogens (tertiary/aromatic N) is 4. The molecule has 2 aliphatic rings. The van der Waals surface area contributed by atoms with E-state index in [-0.39, 0.29) is 115 Å². The van der Waals surface area contributed by atoms with Gasteiger partial charge in [0.15, 0.2) is 11.6 Å². The Kier molecular flexibility index (Phi) is 36.2. The van der Waals surface area contributed by atoms with E-state index in [4.69, 9.17) is 19.9 Å². The van der Waals surface area contributed by atoms with E-state index < -0.39 is 113 Å². The van der Waals surface area contributed by atoms with E-state index in [0.29, 0.717) is 68.4 Å². The number of hydrogen-bond donors (Lipinski definition) is 8. The summed E-state index contributed by atoms with van der Waals surface area (Å²) in [6, 6.07) is 9.74. The Bertz CT molecular complexity index is 3330. The number of esters is 1. The highest BCUT2D eigenvalue weighted by Crippen LogP contribution is 2.39. The number of urea groups is 1. The molecule has 0 spiro atoms. The van der Waals surface area contributed by atoms with Gasteiger partial charge in [-0.25, -0.2) is 4.79 Å². The number of likely N-dealkylation sites (tertiary alicyclic amines) is 2. The highest BCUT2D eigenvalue weighted by Gasteiger charge is 2.49. The number of carbonyl (C=O) groups excluding carboxylic acids is 11. The molecule has 108 heavy (non-hydrogen) atoms. The van der Waals surface area contributed by atoms with Crippen LogP contribution in [0.15, 0.2) is 54.6 Å². The number of benzene rings is 2. The average Bonchev–Trinajstić information content (AvgIpc) is 1.46. The summed E-state index contributed by atoms with van der Waals surface area (Å²) in [5.41, 5.74) is 3.37. The number of nitrogens with one attached hydrogen (secondary N) is 6. The fraction of sp³-hybridized carbons (Fsp3) is 0.716. The zero-order chi connectivity index (χ0) is 81.7. The minimum absolute atomic E-state index is 0.0803. The number of rotatable bonds is 46. The molecule has 0 aromatic heterocycles. The van der Waals surface area contributed by atoms with Crippen molar-refractivity contribution in [2.45, 2.75) is 284 Å². The number of hydrogen-bond acceptors (Lipinski definition) is 19. The summed E-state index contributed by atoms with van der Waals surface area (Å²) in [5.74, 6) is -5.65. The van der Waals surface area contributed by atoms with Gasteiger partial charge in [0.25, 0.3) is 0 Å². The van der Waals surface area contributed by atoms with Gasteiger partial charge in [0, 0.05) is 64.2 Å². The third-order valence-corrected chi connectivity index (χ3v) is 23.6. The van der Waals surface area contributed by atoms with Crippen LogP contribution in [0.25, 0.3) is 0 Å². The Morgan fingerprint density at radius 2 is 1.36 bits per heavy atom.